The summed E-state index contributed by atoms with van der Waals surface area (Å²) < 4.78 is 39.2. The fourth-order valence-corrected chi connectivity index (χ4v) is 2.70. The second-order valence-electron chi connectivity index (χ2n) is 5.03. The minimum absolute atomic E-state index is 0.00116. The van der Waals surface area contributed by atoms with Gasteiger partial charge in [0.05, 0.1) is 5.69 Å². The summed E-state index contributed by atoms with van der Waals surface area (Å²) in [7, 11) is -3.94. The summed E-state index contributed by atoms with van der Waals surface area (Å²) in [6.07, 6.45) is 0.00116. The Morgan fingerprint density at radius 2 is 2.05 bits per heavy atom. The van der Waals surface area contributed by atoms with Crippen LogP contribution in [0, 0.1) is 11.7 Å². The van der Waals surface area contributed by atoms with Crippen LogP contribution in [-0.2, 0) is 14.8 Å². The smallest absolute Gasteiger partial charge is 0.242 e. The van der Waals surface area contributed by atoms with Gasteiger partial charge in [0.2, 0.25) is 15.9 Å². The number of hydrogen-bond donors (Lipinski definition) is 3. The number of halogens is 1. The van der Waals surface area contributed by atoms with Gasteiger partial charge < -0.3 is 11.1 Å². The molecule has 0 heterocycles. The van der Waals surface area contributed by atoms with E-state index in [1.165, 1.54) is 6.07 Å². The van der Waals surface area contributed by atoms with Gasteiger partial charge in [-0.3, -0.25) is 4.79 Å². The SMILES string of the molecule is CC(C)CNC(=O)CCNS(=O)(=O)c1cc(F)ccc1N. The number of carbonyl (C=O) groups is 1. The predicted molar refractivity (Wildman–Crippen MR) is 78.5 cm³/mol. The van der Waals surface area contributed by atoms with Crippen LogP contribution in [0.4, 0.5) is 10.1 Å². The van der Waals surface area contributed by atoms with Crippen molar-refractivity contribution in [2.45, 2.75) is 25.2 Å². The first-order valence-electron chi connectivity index (χ1n) is 6.54. The number of hydrogen-bond acceptors (Lipinski definition) is 4. The summed E-state index contributed by atoms with van der Waals surface area (Å²) in [4.78, 5) is 11.1. The lowest BCUT2D eigenvalue weighted by molar-refractivity contribution is -0.121. The first-order chi connectivity index (χ1) is 9.72. The van der Waals surface area contributed by atoms with Gasteiger partial charge in [-0.25, -0.2) is 17.5 Å². The van der Waals surface area contributed by atoms with Crippen molar-refractivity contribution in [2.24, 2.45) is 5.92 Å². The molecule has 0 aliphatic carbocycles. The maximum atomic E-state index is 13.1. The third-order valence-corrected chi connectivity index (χ3v) is 4.13. The fourth-order valence-electron chi connectivity index (χ4n) is 1.52. The highest BCUT2D eigenvalue weighted by Crippen LogP contribution is 2.18. The van der Waals surface area contributed by atoms with Gasteiger partial charge in [-0.1, -0.05) is 13.8 Å². The quantitative estimate of drug-likeness (QED) is 0.649. The topological polar surface area (TPSA) is 101 Å². The predicted octanol–water partition coefficient (Wildman–Crippen LogP) is 0.849. The molecule has 6 nitrogen and oxygen atoms in total. The minimum atomic E-state index is -3.94. The first-order valence-corrected chi connectivity index (χ1v) is 8.02. The van der Waals surface area contributed by atoms with E-state index in [0.717, 1.165) is 12.1 Å². The Balaban J connectivity index is 2.58. The summed E-state index contributed by atoms with van der Waals surface area (Å²) in [5.74, 6) is -0.629. The van der Waals surface area contributed by atoms with Crippen LogP contribution in [0.25, 0.3) is 0 Å². The maximum absolute atomic E-state index is 13.1. The van der Waals surface area contributed by atoms with Gasteiger partial charge in [0.1, 0.15) is 10.7 Å². The van der Waals surface area contributed by atoms with Crippen LogP contribution in [0.15, 0.2) is 23.1 Å². The van der Waals surface area contributed by atoms with Crippen molar-refractivity contribution in [1.82, 2.24) is 10.0 Å². The molecular weight excluding hydrogens is 297 g/mol. The zero-order chi connectivity index (χ0) is 16.0. The Labute approximate surface area is 124 Å². The van der Waals surface area contributed by atoms with E-state index >= 15 is 0 Å². The molecule has 0 radical (unpaired) electrons. The summed E-state index contributed by atoms with van der Waals surface area (Å²) in [5.41, 5.74) is 5.47. The summed E-state index contributed by atoms with van der Waals surface area (Å²) >= 11 is 0. The summed E-state index contributed by atoms with van der Waals surface area (Å²) in [6.45, 7) is 4.36. The van der Waals surface area contributed by atoms with Gasteiger partial charge in [-0.05, 0) is 24.1 Å². The second kappa shape index (κ2) is 7.37. The van der Waals surface area contributed by atoms with Gasteiger partial charge >= 0.3 is 0 Å². The molecule has 0 saturated carbocycles. The molecular formula is C13H20FN3O3S. The van der Waals surface area contributed by atoms with Gasteiger partial charge in [0, 0.05) is 19.5 Å². The minimum Gasteiger partial charge on any atom is -0.398 e. The van der Waals surface area contributed by atoms with Crippen LogP contribution in [0.1, 0.15) is 20.3 Å². The number of amides is 1. The lowest BCUT2D eigenvalue weighted by Crippen LogP contribution is -2.32. The third kappa shape index (κ3) is 5.68. The Kier molecular flexibility index (Phi) is 6.10. The van der Waals surface area contributed by atoms with Gasteiger partial charge in [-0.15, -0.1) is 0 Å². The molecule has 0 atom stereocenters. The molecule has 4 N–H and O–H groups in total. The van der Waals surface area contributed by atoms with Crippen molar-refractivity contribution in [3.63, 3.8) is 0 Å². The van der Waals surface area contributed by atoms with Gasteiger partial charge in [-0.2, -0.15) is 0 Å². The zero-order valence-electron chi connectivity index (χ0n) is 12.0. The normalized spacial score (nSPS) is 11.6. The van der Waals surface area contributed by atoms with Crippen molar-refractivity contribution < 1.29 is 17.6 Å². The molecule has 0 aliphatic rings. The lowest BCUT2D eigenvalue weighted by Gasteiger charge is -2.10. The number of nitrogens with one attached hydrogen (secondary N) is 2. The monoisotopic (exact) mass is 317 g/mol. The van der Waals surface area contributed by atoms with E-state index in [9.17, 15) is 17.6 Å². The van der Waals surface area contributed by atoms with Crippen molar-refractivity contribution in [2.75, 3.05) is 18.8 Å². The fraction of sp³-hybridized carbons (Fsp3) is 0.462. The van der Waals surface area contributed by atoms with Crippen LogP contribution in [0.2, 0.25) is 0 Å². The number of benzene rings is 1. The highest BCUT2D eigenvalue weighted by atomic mass is 32.2. The molecule has 0 aliphatic heterocycles. The Hall–Kier alpha value is -1.67. The van der Waals surface area contributed by atoms with Gasteiger partial charge in [0.15, 0.2) is 0 Å². The number of sulfonamides is 1. The van der Waals surface area contributed by atoms with E-state index in [0.29, 0.717) is 12.5 Å². The number of nitrogen functional groups attached to an aromatic ring is 1. The molecule has 21 heavy (non-hydrogen) atoms. The van der Waals surface area contributed by atoms with E-state index < -0.39 is 15.8 Å². The van der Waals surface area contributed by atoms with E-state index in [4.69, 9.17) is 5.73 Å². The van der Waals surface area contributed by atoms with Crippen LogP contribution in [0.5, 0.6) is 0 Å². The third-order valence-electron chi connectivity index (χ3n) is 2.62. The molecule has 1 amide bonds. The highest BCUT2D eigenvalue weighted by Gasteiger charge is 2.18. The Morgan fingerprint density at radius 1 is 1.38 bits per heavy atom. The van der Waals surface area contributed by atoms with Crippen molar-refractivity contribution in [1.29, 1.82) is 0 Å². The molecule has 0 fully saturated rings. The zero-order valence-corrected chi connectivity index (χ0v) is 12.8. The molecule has 1 aromatic rings. The standard InChI is InChI=1S/C13H20FN3O3S/c1-9(2)8-16-13(18)5-6-17-21(19,20)12-7-10(14)3-4-11(12)15/h3-4,7,9,17H,5-6,8,15H2,1-2H3,(H,16,18). The van der Waals surface area contributed by atoms with Crippen LogP contribution in [-0.4, -0.2) is 27.4 Å². The molecule has 8 heteroatoms. The van der Waals surface area contributed by atoms with E-state index in [2.05, 4.69) is 10.0 Å². The Bertz CT molecular complexity index is 603. The number of carbonyl (C=O) groups excluding carboxylic acids is 1. The first kappa shape index (κ1) is 17.4. The highest BCUT2D eigenvalue weighted by molar-refractivity contribution is 7.89. The Morgan fingerprint density at radius 3 is 2.67 bits per heavy atom. The van der Waals surface area contributed by atoms with Gasteiger partial charge in [0.25, 0.3) is 0 Å². The maximum Gasteiger partial charge on any atom is 0.242 e. The van der Waals surface area contributed by atoms with Crippen molar-refractivity contribution >= 4 is 21.6 Å². The average molecular weight is 317 g/mol. The second-order valence-corrected chi connectivity index (χ2v) is 6.76. The van der Waals surface area contributed by atoms with Crippen molar-refractivity contribution in [3.05, 3.63) is 24.0 Å². The number of nitrogens with two attached hydrogens (primary N) is 1. The summed E-state index contributed by atoms with van der Waals surface area (Å²) in [6, 6.07) is 3.10. The molecule has 0 aromatic heterocycles. The molecule has 0 bridgehead atoms. The van der Waals surface area contributed by atoms with E-state index in [1.54, 1.807) is 0 Å². The molecule has 1 aromatic carbocycles. The van der Waals surface area contributed by atoms with Crippen LogP contribution in [0.3, 0.4) is 0 Å². The largest absolute Gasteiger partial charge is 0.398 e. The van der Waals surface area contributed by atoms with Crippen LogP contribution < -0.4 is 15.8 Å². The summed E-state index contributed by atoms with van der Waals surface area (Å²) in [5, 5.41) is 2.67. The van der Waals surface area contributed by atoms with Crippen LogP contribution >= 0.6 is 0 Å². The van der Waals surface area contributed by atoms with E-state index in [1.807, 2.05) is 13.8 Å². The van der Waals surface area contributed by atoms with Crippen molar-refractivity contribution in [3.8, 4) is 0 Å². The molecule has 1 rings (SSSR count). The lowest BCUT2D eigenvalue weighted by atomic mass is 10.2. The molecule has 0 spiro atoms. The molecule has 118 valence electrons. The number of anilines is 1. The average Bonchev–Trinajstić information content (AvgIpc) is 2.39. The molecule has 0 saturated heterocycles. The number of rotatable bonds is 7. The van der Waals surface area contributed by atoms with E-state index in [-0.39, 0.29) is 29.5 Å². The molecule has 0 unspecified atom stereocenters.